The van der Waals surface area contributed by atoms with Crippen LogP contribution >= 0.6 is 0 Å². The van der Waals surface area contributed by atoms with Gasteiger partial charge in [-0.15, -0.1) is 0 Å². The topological polar surface area (TPSA) is 225 Å². The Morgan fingerprint density at radius 1 is 0.764 bits per heavy atom. The minimum absolute atomic E-state index is 0.0109. The van der Waals surface area contributed by atoms with Gasteiger partial charge in [0.2, 0.25) is 0 Å². The average molecular weight is 1020 g/mol. The van der Waals surface area contributed by atoms with Gasteiger partial charge in [0.1, 0.15) is 18.3 Å². The number of methoxy groups -OCH3 is 2. The highest BCUT2D eigenvalue weighted by molar-refractivity contribution is 5.90. The van der Waals surface area contributed by atoms with Crippen LogP contribution in [0.3, 0.4) is 0 Å². The molecule has 2 aromatic rings. The molecule has 0 unspecified atom stereocenters. The Morgan fingerprint density at radius 2 is 1.32 bits per heavy atom. The number of hydrogen-bond donors (Lipinski definition) is 3. The lowest BCUT2D eigenvalue weighted by Gasteiger charge is -2.50. The lowest BCUT2D eigenvalue weighted by atomic mass is 9.73. The highest BCUT2D eigenvalue weighted by Gasteiger charge is 2.56. The first kappa shape index (κ1) is 58.8. The third-order valence-electron chi connectivity index (χ3n) is 15.3. The molecular weight excluding hydrogens is 935 g/mol. The summed E-state index contributed by atoms with van der Waals surface area (Å²) in [7, 11) is 6.75. The molecule has 19 atom stereocenters. The summed E-state index contributed by atoms with van der Waals surface area (Å²) in [6.07, 6.45) is -11.8. The van der Waals surface area contributed by atoms with Gasteiger partial charge in [-0.2, -0.15) is 0 Å². The second-order valence-corrected chi connectivity index (χ2v) is 20.9. The average Bonchev–Trinajstić information content (AvgIpc) is 3.36. The quantitative estimate of drug-likeness (QED) is 0.157. The van der Waals surface area contributed by atoms with Gasteiger partial charge in [0, 0.05) is 39.4 Å². The molecular formula is C54H81NO17. The fourth-order valence-corrected chi connectivity index (χ4v) is 10.8. The van der Waals surface area contributed by atoms with Gasteiger partial charge in [0.05, 0.1) is 65.3 Å². The van der Waals surface area contributed by atoms with Gasteiger partial charge in [0.25, 0.3) is 0 Å². The van der Waals surface area contributed by atoms with Gasteiger partial charge in [-0.1, -0.05) is 64.1 Å². The predicted octanol–water partition coefficient (Wildman–Crippen LogP) is 5.50. The van der Waals surface area contributed by atoms with E-state index >= 15 is 0 Å². The molecule has 3 aliphatic rings. The molecule has 0 spiro atoms. The number of hydrogen-bond acceptors (Lipinski definition) is 18. The molecule has 72 heavy (non-hydrogen) atoms. The summed E-state index contributed by atoms with van der Waals surface area (Å²) in [6.45, 7) is 16.0. The Labute approximate surface area is 425 Å². The third-order valence-corrected chi connectivity index (χ3v) is 15.3. The highest BCUT2D eigenvalue weighted by Crippen LogP contribution is 2.43. The third kappa shape index (κ3) is 13.4. The molecule has 3 saturated heterocycles. The monoisotopic (exact) mass is 1020 g/mol. The fraction of sp³-hybridized carbons (Fsp3) is 0.704. The van der Waals surface area contributed by atoms with Crippen LogP contribution in [0.5, 0.6) is 0 Å². The number of esters is 4. The zero-order chi connectivity index (χ0) is 53.5. The van der Waals surface area contributed by atoms with Crippen LogP contribution in [-0.4, -0.2) is 169 Å². The van der Waals surface area contributed by atoms with Gasteiger partial charge in [-0.25, -0.2) is 9.59 Å². The number of nitrogens with zero attached hydrogens (tertiary/aromatic N) is 1. The first-order valence-corrected chi connectivity index (χ1v) is 25.2. The van der Waals surface area contributed by atoms with Crippen LogP contribution < -0.4 is 0 Å². The molecule has 18 heteroatoms. The number of aliphatic hydroxyl groups excluding tert-OH is 2. The van der Waals surface area contributed by atoms with E-state index in [2.05, 4.69) is 0 Å². The lowest BCUT2D eigenvalue weighted by Crippen LogP contribution is -2.63. The second-order valence-electron chi connectivity index (χ2n) is 20.9. The molecule has 18 nitrogen and oxygen atoms in total. The smallest absolute Gasteiger partial charge is 0.338 e. The van der Waals surface area contributed by atoms with Crippen molar-refractivity contribution in [3.05, 3.63) is 71.8 Å². The molecule has 0 bridgehead atoms. The second kappa shape index (κ2) is 25.0. The lowest BCUT2D eigenvalue weighted by molar-refractivity contribution is -0.319. The van der Waals surface area contributed by atoms with E-state index < -0.39 is 132 Å². The normalized spacial score (nSPS) is 39.3. The van der Waals surface area contributed by atoms with Crippen molar-refractivity contribution in [1.82, 2.24) is 4.90 Å². The van der Waals surface area contributed by atoms with E-state index in [4.69, 9.17) is 47.4 Å². The van der Waals surface area contributed by atoms with E-state index in [0.717, 1.165) is 6.92 Å². The van der Waals surface area contributed by atoms with Gasteiger partial charge < -0.3 is 67.6 Å². The van der Waals surface area contributed by atoms with Crippen LogP contribution in [0.2, 0.25) is 0 Å². The van der Waals surface area contributed by atoms with Crippen molar-refractivity contribution in [3.8, 4) is 0 Å². The van der Waals surface area contributed by atoms with E-state index in [1.165, 1.54) is 14.2 Å². The maximum atomic E-state index is 14.9. The minimum atomic E-state index is -2.38. The summed E-state index contributed by atoms with van der Waals surface area (Å²) >= 11 is 0. The van der Waals surface area contributed by atoms with Crippen LogP contribution in [0.15, 0.2) is 60.7 Å². The number of carbonyl (C=O) groups excluding carboxylic acids is 4. The van der Waals surface area contributed by atoms with Crippen molar-refractivity contribution in [3.63, 3.8) is 0 Å². The Hall–Kier alpha value is -4.08. The standard InChI is InChI=1S/C54H81NO17/c1-15-40-54(62,29-65-36(8)56)45(58)32(4)42(57)30(2)27-52(9,63-13)46(72-51-44(39(55(11)12)26-31(3)66-51)70-49(60)37-22-18-16-19-23-37)33(5)43(34(6)48(59)68-40)69-41-28-53(10,64-14)47(35(7)67-41)71-50(61)38-24-20-17-21-25-38/h16-25,30-35,39-47,51,57-58,62H,15,26-29H2,1-14H3/t30-,31-,32+,33+,34-,35+,39+,40-,41+,42+,43+,44-,45-,46-,47+,51+,52-,53-,54-/m1/s1. The number of carbonyl (C=O) groups is 4. The molecule has 3 N–H and O–H groups in total. The first-order valence-electron chi connectivity index (χ1n) is 25.2. The Balaban J connectivity index is 1.65. The van der Waals surface area contributed by atoms with Crippen LogP contribution in [-0.2, 0) is 57.0 Å². The maximum absolute atomic E-state index is 14.9. The van der Waals surface area contributed by atoms with Gasteiger partial charge in [-0.05, 0) is 98.2 Å². The van der Waals surface area contributed by atoms with E-state index in [1.807, 2.05) is 32.8 Å². The molecule has 404 valence electrons. The van der Waals surface area contributed by atoms with Gasteiger partial charge >= 0.3 is 23.9 Å². The number of aliphatic hydroxyl groups is 3. The predicted molar refractivity (Wildman–Crippen MR) is 262 cm³/mol. The van der Waals surface area contributed by atoms with Crippen LogP contribution in [0.1, 0.15) is 116 Å². The summed E-state index contributed by atoms with van der Waals surface area (Å²) in [5.74, 6) is -6.62. The van der Waals surface area contributed by atoms with Crippen molar-refractivity contribution in [2.24, 2.45) is 23.7 Å². The molecule has 3 fully saturated rings. The molecule has 5 rings (SSSR count). The summed E-state index contributed by atoms with van der Waals surface area (Å²) in [6, 6.07) is 16.7. The summed E-state index contributed by atoms with van der Waals surface area (Å²) in [4.78, 5) is 56.4. The number of rotatable bonds is 14. The minimum Gasteiger partial charge on any atom is -0.463 e. The van der Waals surface area contributed by atoms with Crippen LogP contribution in [0.4, 0.5) is 0 Å². The molecule has 0 saturated carbocycles. The summed E-state index contributed by atoms with van der Waals surface area (Å²) in [5, 5.41) is 36.6. The number of ether oxygens (including phenoxy) is 10. The van der Waals surface area contributed by atoms with Crippen molar-refractivity contribution in [1.29, 1.82) is 0 Å². The molecule has 0 amide bonds. The Bertz CT molecular complexity index is 2080. The van der Waals surface area contributed by atoms with E-state index in [9.17, 15) is 34.5 Å². The largest absolute Gasteiger partial charge is 0.463 e. The summed E-state index contributed by atoms with van der Waals surface area (Å²) in [5.41, 5.74) is -4.28. The van der Waals surface area contributed by atoms with Crippen LogP contribution in [0.25, 0.3) is 0 Å². The van der Waals surface area contributed by atoms with Gasteiger partial charge in [-0.3, -0.25) is 9.59 Å². The molecule has 3 aliphatic heterocycles. The van der Waals surface area contributed by atoms with Crippen molar-refractivity contribution >= 4 is 23.9 Å². The number of likely N-dealkylation sites (N-methyl/N-ethyl adjacent to an activating group) is 1. The fourth-order valence-electron chi connectivity index (χ4n) is 10.8. The number of cyclic esters (lactones) is 1. The molecule has 0 aromatic heterocycles. The highest BCUT2D eigenvalue weighted by atomic mass is 16.7. The van der Waals surface area contributed by atoms with Crippen molar-refractivity contribution in [2.75, 3.05) is 34.9 Å². The van der Waals surface area contributed by atoms with Gasteiger partial charge in [0.15, 0.2) is 30.4 Å². The molecule has 0 aliphatic carbocycles. The van der Waals surface area contributed by atoms with E-state index in [0.29, 0.717) is 17.5 Å². The molecule has 2 aromatic carbocycles. The van der Waals surface area contributed by atoms with E-state index in [-0.39, 0.29) is 31.4 Å². The van der Waals surface area contributed by atoms with E-state index in [1.54, 1.807) is 109 Å². The number of benzene rings is 2. The van der Waals surface area contributed by atoms with Crippen LogP contribution in [0, 0.1) is 23.7 Å². The Morgan fingerprint density at radius 3 is 1.85 bits per heavy atom. The zero-order valence-corrected chi connectivity index (χ0v) is 44.6. The first-order chi connectivity index (χ1) is 33.8. The molecule has 3 heterocycles. The zero-order valence-electron chi connectivity index (χ0n) is 44.6. The Kier molecular flexibility index (Phi) is 20.4. The maximum Gasteiger partial charge on any atom is 0.338 e. The molecule has 0 radical (unpaired) electrons. The summed E-state index contributed by atoms with van der Waals surface area (Å²) < 4.78 is 63.8. The van der Waals surface area contributed by atoms with Crippen molar-refractivity contribution < 1.29 is 81.9 Å². The SMILES string of the molecule is CC[C@H]1OC(=O)[C@H](C)[C@@H](O[C@H]2C[C@@](C)(OC)[C@@H](OC(=O)c3ccccc3)[C@H](C)O2)[C@H](C)[C@@H](O[C@@H]2O[C@H](C)C[C@H](N(C)C)[C@H]2OC(=O)c2ccccc2)[C@](C)(OC)C[C@@H](C)[C@H](O)[C@H](C)[C@@H](O)[C@@]1(O)COC(C)=O. The van der Waals surface area contributed by atoms with Crippen molar-refractivity contribution in [2.45, 2.75) is 185 Å².